The topological polar surface area (TPSA) is 90.3 Å². The Balaban J connectivity index is 2.41. The van der Waals surface area contributed by atoms with Crippen molar-refractivity contribution < 1.29 is 17.9 Å². The first kappa shape index (κ1) is 16.0. The predicted octanol–water partition coefficient (Wildman–Crippen LogP) is 0.799. The van der Waals surface area contributed by atoms with Crippen LogP contribution >= 0.6 is 0 Å². The maximum absolute atomic E-state index is 12.6. The number of esters is 1. The fraction of sp³-hybridized carbons (Fsp3) is 0.692. The lowest BCUT2D eigenvalue weighted by molar-refractivity contribution is -0.149. The van der Waals surface area contributed by atoms with Crippen LogP contribution in [0.15, 0.2) is 4.90 Å². The summed E-state index contributed by atoms with van der Waals surface area (Å²) in [5.74, 6) is -0.560. The molecule has 118 valence electrons. The second-order valence-corrected chi connectivity index (χ2v) is 8.01. The zero-order valence-corrected chi connectivity index (χ0v) is 14.0. The summed E-state index contributed by atoms with van der Waals surface area (Å²) in [7, 11) is -2.18. The van der Waals surface area contributed by atoms with Crippen LogP contribution in [-0.4, -0.2) is 35.3 Å². The second-order valence-electron chi connectivity index (χ2n) is 6.39. The molecule has 21 heavy (non-hydrogen) atoms. The van der Waals surface area contributed by atoms with Gasteiger partial charge in [0, 0.05) is 13.5 Å². The average molecular weight is 315 g/mol. The number of carbonyl (C=O) groups is 1. The fourth-order valence-corrected chi connectivity index (χ4v) is 4.69. The molecule has 0 aromatic carbocycles. The van der Waals surface area contributed by atoms with Gasteiger partial charge in [0.15, 0.2) is 0 Å². The molecule has 0 radical (unpaired) electrons. The molecule has 7 nitrogen and oxygen atoms in total. The molecule has 2 heterocycles. The van der Waals surface area contributed by atoms with Gasteiger partial charge in [0.25, 0.3) is 0 Å². The van der Waals surface area contributed by atoms with Gasteiger partial charge in [0.05, 0.1) is 11.4 Å². The van der Waals surface area contributed by atoms with Crippen molar-refractivity contribution >= 4 is 16.0 Å². The highest BCUT2D eigenvalue weighted by Crippen LogP contribution is 2.35. The number of rotatable bonds is 3. The van der Waals surface area contributed by atoms with Crippen molar-refractivity contribution in [2.45, 2.75) is 57.1 Å². The maximum Gasteiger partial charge on any atom is 0.327 e. The van der Waals surface area contributed by atoms with Crippen molar-refractivity contribution in [3.8, 4) is 0 Å². The lowest BCUT2D eigenvalue weighted by Crippen LogP contribution is -2.49. The maximum atomic E-state index is 12.6. The highest BCUT2D eigenvalue weighted by atomic mass is 32.2. The van der Waals surface area contributed by atoms with Gasteiger partial charge in [0.2, 0.25) is 10.0 Å². The Labute approximate surface area is 124 Å². The van der Waals surface area contributed by atoms with Crippen molar-refractivity contribution in [3.05, 3.63) is 11.4 Å². The zero-order valence-electron chi connectivity index (χ0n) is 13.1. The number of nitrogens with zero attached hydrogens (tertiary/aromatic N) is 2. The van der Waals surface area contributed by atoms with E-state index in [2.05, 4.69) is 9.82 Å². The number of sulfonamides is 1. The number of aromatic nitrogens is 2. The fourth-order valence-electron chi connectivity index (χ4n) is 2.89. The predicted molar refractivity (Wildman–Crippen MR) is 76.2 cm³/mol. The molecule has 0 spiro atoms. The zero-order chi connectivity index (χ0) is 16.2. The van der Waals surface area contributed by atoms with Crippen LogP contribution in [0.3, 0.4) is 0 Å². The smallest absolute Gasteiger partial charge is 0.327 e. The summed E-state index contributed by atoms with van der Waals surface area (Å²) in [5.41, 5.74) is -1.03. The molecule has 1 atom stereocenters. The van der Waals surface area contributed by atoms with Crippen LogP contribution < -0.4 is 4.72 Å². The van der Waals surface area contributed by atoms with E-state index in [4.69, 9.17) is 4.74 Å². The van der Waals surface area contributed by atoms with Gasteiger partial charge < -0.3 is 4.74 Å². The third kappa shape index (κ3) is 2.69. The molecule has 2 rings (SSSR count). The van der Waals surface area contributed by atoms with E-state index in [9.17, 15) is 13.2 Å². The highest BCUT2D eigenvalue weighted by Gasteiger charge is 2.52. The molecule has 0 bridgehead atoms. The van der Waals surface area contributed by atoms with Gasteiger partial charge in [-0.25, -0.2) is 8.42 Å². The molecule has 1 aromatic rings. The van der Waals surface area contributed by atoms with E-state index in [1.165, 1.54) is 4.68 Å². The number of ether oxygens (including phenoxy) is 1. The number of carbonyl (C=O) groups excluding carboxylic acids is 1. The van der Waals surface area contributed by atoms with Crippen molar-refractivity contribution in [2.24, 2.45) is 7.05 Å². The molecular formula is C13H21N3O4S. The molecule has 1 fully saturated rings. The largest absolute Gasteiger partial charge is 0.458 e. The second kappa shape index (κ2) is 4.54. The number of cyclic esters (lactones) is 1. The van der Waals surface area contributed by atoms with Crippen molar-refractivity contribution in [2.75, 3.05) is 0 Å². The van der Waals surface area contributed by atoms with Gasteiger partial charge in [-0.15, -0.1) is 0 Å². The summed E-state index contributed by atoms with van der Waals surface area (Å²) < 4.78 is 34.5. The molecule has 0 aliphatic carbocycles. The lowest BCUT2D eigenvalue weighted by Gasteiger charge is -2.22. The van der Waals surface area contributed by atoms with Gasteiger partial charge in [-0.1, -0.05) is 0 Å². The number of hydrogen-bond donors (Lipinski definition) is 1. The molecule has 1 saturated heterocycles. The standard InChI is InChI=1S/C13H21N3O4S/c1-8-10(9(2)16(6)14-8)21(18,19)15-13(5)7-12(3,4)20-11(13)17/h15H,7H2,1-6H3. The van der Waals surface area contributed by atoms with E-state index >= 15 is 0 Å². The summed E-state index contributed by atoms with van der Waals surface area (Å²) in [4.78, 5) is 12.1. The van der Waals surface area contributed by atoms with Gasteiger partial charge in [-0.05, 0) is 34.6 Å². The minimum atomic E-state index is -3.86. The van der Waals surface area contributed by atoms with Crippen LogP contribution in [0, 0.1) is 13.8 Å². The van der Waals surface area contributed by atoms with E-state index < -0.39 is 27.1 Å². The normalized spacial score (nSPS) is 25.1. The van der Waals surface area contributed by atoms with Gasteiger partial charge in [-0.2, -0.15) is 9.82 Å². The summed E-state index contributed by atoms with van der Waals surface area (Å²) in [6, 6.07) is 0. The Morgan fingerprint density at radius 3 is 2.24 bits per heavy atom. The molecule has 8 heteroatoms. The third-order valence-corrected chi connectivity index (χ3v) is 5.52. The first-order chi connectivity index (χ1) is 9.38. The molecular weight excluding hydrogens is 294 g/mol. The first-order valence-corrected chi connectivity index (χ1v) is 8.14. The summed E-state index contributed by atoms with van der Waals surface area (Å²) >= 11 is 0. The highest BCUT2D eigenvalue weighted by molar-refractivity contribution is 7.89. The van der Waals surface area contributed by atoms with Gasteiger partial charge >= 0.3 is 5.97 Å². The first-order valence-electron chi connectivity index (χ1n) is 6.66. The number of hydrogen-bond acceptors (Lipinski definition) is 5. The monoisotopic (exact) mass is 315 g/mol. The van der Waals surface area contributed by atoms with Gasteiger partial charge in [0.1, 0.15) is 16.0 Å². The Kier molecular flexibility index (Phi) is 3.45. The molecule has 1 unspecified atom stereocenters. The number of aryl methyl sites for hydroxylation is 2. The van der Waals surface area contributed by atoms with E-state index in [0.29, 0.717) is 11.4 Å². The molecule has 1 N–H and O–H groups in total. The Bertz CT molecular complexity index is 705. The van der Waals surface area contributed by atoms with Crippen LogP contribution in [0.5, 0.6) is 0 Å². The Morgan fingerprint density at radius 2 is 1.86 bits per heavy atom. The van der Waals surface area contributed by atoms with Crippen LogP contribution in [-0.2, 0) is 26.6 Å². The van der Waals surface area contributed by atoms with Crippen molar-refractivity contribution in [1.29, 1.82) is 0 Å². The molecule has 0 amide bonds. The van der Waals surface area contributed by atoms with Crippen molar-refractivity contribution in [1.82, 2.24) is 14.5 Å². The van der Waals surface area contributed by atoms with Crippen LogP contribution in [0.25, 0.3) is 0 Å². The third-order valence-electron chi connectivity index (χ3n) is 3.67. The summed E-state index contributed by atoms with van der Waals surface area (Å²) in [6.07, 6.45) is 0.274. The van der Waals surface area contributed by atoms with Crippen LogP contribution in [0.4, 0.5) is 0 Å². The van der Waals surface area contributed by atoms with Crippen LogP contribution in [0.1, 0.15) is 38.6 Å². The lowest BCUT2D eigenvalue weighted by atomic mass is 9.93. The van der Waals surface area contributed by atoms with E-state index in [-0.39, 0.29) is 11.3 Å². The molecule has 1 aliphatic rings. The number of nitrogens with one attached hydrogen (secondary N) is 1. The SMILES string of the molecule is Cc1nn(C)c(C)c1S(=O)(=O)NC1(C)CC(C)(C)OC1=O. The summed E-state index contributed by atoms with van der Waals surface area (Å²) in [5, 5.41) is 4.10. The van der Waals surface area contributed by atoms with E-state index in [1.54, 1.807) is 41.7 Å². The molecule has 1 aromatic heterocycles. The Hall–Kier alpha value is -1.41. The van der Waals surface area contributed by atoms with E-state index in [0.717, 1.165) is 0 Å². The Morgan fingerprint density at radius 1 is 1.29 bits per heavy atom. The summed E-state index contributed by atoms with van der Waals surface area (Å²) in [6.45, 7) is 8.35. The van der Waals surface area contributed by atoms with Crippen molar-refractivity contribution in [3.63, 3.8) is 0 Å². The quantitative estimate of drug-likeness (QED) is 0.833. The molecule has 0 saturated carbocycles. The average Bonchev–Trinajstić information content (AvgIpc) is 2.60. The van der Waals surface area contributed by atoms with E-state index in [1.807, 2.05) is 0 Å². The minimum absolute atomic E-state index is 0.115. The van der Waals surface area contributed by atoms with Crippen LogP contribution in [0.2, 0.25) is 0 Å². The molecule has 1 aliphatic heterocycles. The minimum Gasteiger partial charge on any atom is -0.458 e. The van der Waals surface area contributed by atoms with Gasteiger partial charge in [-0.3, -0.25) is 9.48 Å².